The summed E-state index contributed by atoms with van der Waals surface area (Å²) in [5.74, 6) is -2.05. The Balaban J connectivity index is 1.71. The van der Waals surface area contributed by atoms with Crippen LogP contribution in [0.3, 0.4) is 0 Å². The Labute approximate surface area is 210 Å². The summed E-state index contributed by atoms with van der Waals surface area (Å²) in [5.41, 5.74) is 3.51. The number of aromatic carboxylic acids is 2. The molecule has 3 aromatic carbocycles. The molecule has 0 saturated carbocycles. The average Bonchev–Trinajstić information content (AvgIpc) is 3.37. The fourth-order valence-electron chi connectivity index (χ4n) is 3.55. The van der Waals surface area contributed by atoms with Gasteiger partial charge in [-0.25, -0.2) is 9.59 Å². The van der Waals surface area contributed by atoms with Crippen molar-refractivity contribution in [3.8, 4) is 22.6 Å². The lowest BCUT2D eigenvalue weighted by molar-refractivity contribution is 0.0686. The normalized spacial score (nSPS) is 10.1. The van der Waals surface area contributed by atoms with Crippen molar-refractivity contribution in [2.75, 3.05) is 4.90 Å². The highest BCUT2D eigenvalue weighted by Crippen LogP contribution is 2.37. The summed E-state index contributed by atoms with van der Waals surface area (Å²) in [7, 11) is 0. The second kappa shape index (κ2) is 10.4. The molecule has 0 aliphatic carbocycles. The predicted molar refractivity (Wildman–Crippen MR) is 138 cm³/mol. The molecule has 1 heterocycles. The quantitative estimate of drug-likeness (QED) is 0.275. The van der Waals surface area contributed by atoms with Crippen LogP contribution in [0.1, 0.15) is 25.6 Å². The third-order valence-electron chi connectivity index (χ3n) is 5.31. The minimum absolute atomic E-state index is 0.0391. The second-order valence-corrected chi connectivity index (χ2v) is 8.69. The minimum Gasteiger partial charge on any atom is -0.478 e. The molecular formula is C28H17N3O4S. The summed E-state index contributed by atoms with van der Waals surface area (Å²) >= 11 is 1.46. The van der Waals surface area contributed by atoms with Crippen molar-refractivity contribution in [2.45, 2.75) is 0 Å². The second-order valence-electron chi connectivity index (χ2n) is 7.57. The van der Waals surface area contributed by atoms with Gasteiger partial charge in [0, 0.05) is 26.8 Å². The molecule has 7 nitrogen and oxygen atoms in total. The first-order valence-corrected chi connectivity index (χ1v) is 11.4. The molecule has 4 aromatic rings. The van der Waals surface area contributed by atoms with Gasteiger partial charge in [0.2, 0.25) is 0 Å². The van der Waals surface area contributed by atoms with Crippen LogP contribution < -0.4 is 4.90 Å². The molecule has 36 heavy (non-hydrogen) atoms. The van der Waals surface area contributed by atoms with E-state index in [-0.39, 0.29) is 16.7 Å². The highest BCUT2D eigenvalue weighted by Gasteiger charge is 2.15. The first-order valence-electron chi connectivity index (χ1n) is 10.6. The first-order chi connectivity index (χ1) is 17.4. The lowest BCUT2D eigenvalue weighted by Crippen LogP contribution is -2.10. The zero-order valence-corrected chi connectivity index (χ0v) is 19.4. The van der Waals surface area contributed by atoms with E-state index >= 15 is 0 Å². The van der Waals surface area contributed by atoms with Crippen LogP contribution in [0.25, 0.3) is 16.5 Å². The van der Waals surface area contributed by atoms with Gasteiger partial charge in [-0.1, -0.05) is 12.1 Å². The molecule has 0 amide bonds. The van der Waals surface area contributed by atoms with Crippen LogP contribution in [0.15, 0.2) is 90.5 Å². The van der Waals surface area contributed by atoms with Gasteiger partial charge in [0.1, 0.15) is 17.7 Å². The molecule has 1 aromatic heterocycles. The number of hydrogen-bond acceptors (Lipinski definition) is 6. The molecule has 0 aliphatic heterocycles. The smallest absolute Gasteiger partial charge is 0.335 e. The van der Waals surface area contributed by atoms with E-state index in [1.54, 1.807) is 30.3 Å². The number of carboxylic acid groups (broad SMARTS) is 2. The summed E-state index contributed by atoms with van der Waals surface area (Å²) in [6.07, 6.45) is 1.55. The molecule has 174 valence electrons. The Kier molecular flexibility index (Phi) is 6.92. The van der Waals surface area contributed by atoms with Gasteiger partial charge in [-0.3, -0.25) is 0 Å². The zero-order valence-electron chi connectivity index (χ0n) is 18.6. The molecule has 2 N–H and O–H groups in total. The zero-order chi connectivity index (χ0) is 25.7. The van der Waals surface area contributed by atoms with Crippen molar-refractivity contribution in [3.05, 3.63) is 107 Å². The summed E-state index contributed by atoms with van der Waals surface area (Å²) in [6, 6.07) is 28.0. The van der Waals surface area contributed by atoms with Crippen molar-refractivity contribution in [1.82, 2.24) is 0 Å². The lowest BCUT2D eigenvalue weighted by Gasteiger charge is -2.26. The number of anilines is 3. The summed E-state index contributed by atoms with van der Waals surface area (Å²) in [4.78, 5) is 26.2. The lowest BCUT2D eigenvalue weighted by atomic mass is 10.1. The maximum absolute atomic E-state index is 11.3. The monoisotopic (exact) mass is 491 g/mol. The van der Waals surface area contributed by atoms with Gasteiger partial charge in [-0.2, -0.15) is 10.5 Å². The molecule has 0 aliphatic rings. The van der Waals surface area contributed by atoms with Crippen LogP contribution in [0.2, 0.25) is 0 Å². The topological polar surface area (TPSA) is 125 Å². The third-order valence-corrected chi connectivity index (χ3v) is 6.39. The first kappa shape index (κ1) is 24.0. The van der Waals surface area contributed by atoms with E-state index in [2.05, 4.69) is 0 Å². The summed E-state index contributed by atoms with van der Waals surface area (Å²) < 4.78 is 0. The SMILES string of the molecule is N#CC(C#N)=Cc1ccc(-c2ccc(N(c3ccc(C(=O)O)cc3)c3ccc(C(=O)O)cc3)cc2)s1. The van der Waals surface area contributed by atoms with E-state index < -0.39 is 11.9 Å². The number of carboxylic acids is 2. The van der Waals surface area contributed by atoms with Crippen LogP contribution >= 0.6 is 11.3 Å². The Morgan fingerprint density at radius 1 is 0.694 bits per heavy atom. The minimum atomic E-state index is -1.02. The van der Waals surface area contributed by atoms with Crippen LogP contribution in [0.5, 0.6) is 0 Å². The third kappa shape index (κ3) is 5.15. The molecule has 0 saturated heterocycles. The standard InChI is InChI=1S/C28H17N3O4S/c29-16-18(17-30)15-25-13-14-26(36-25)19-1-7-22(8-2-19)31(23-9-3-20(4-10-23)27(32)33)24-11-5-21(6-12-24)28(34)35/h1-15H,(H,32,33)(H,34,35). The molecule has 8 heteroatoms. The highest BCUT2D eigenvalue weighted by molar-refractivity contribution is 7.16. The Bertz CT molecular complexity index is 1470. The maximum Gasteiger partial charge on any atom is 0.335 e. The van der Waals surface area contributed by atoms with Crippen LogP contribution in [-0.2, 0) is 0 Å². The van der Waals surface area contributed by atoms with Gasteiger partial charge in [0.15, 0.2) is 0 Å². The predicted octanol–water partition coefficient (Wildman–Crippen LogP) is 6.71. The van der Waals surface area contributed by atoms with Gasteiger partial charge < -0.3 is 15.1 Å². The molecule has 0 spiro atoms. The van der Waals surface area contributed by atoms with Gasteiger partial charge in [-0.15, -0.1) is 11.3 Å². The van der Waals surface area contributed by atoms with Crippen LogP contribution in [0, 0.1) is 22.7 Å². The maximum atomic E-state index is 11.3. The van der Waals surface area contributed by atoms with Crippen molar-refractivity contribution in [2.24, 2.45) is 0 Å². The largest absolute Gasteiger partial charge is 0.478 e. The van der Waals surface area contributed by atoms with Gasteiger partial charge in [0.25, 0.3) is 0 Å². The van der Waals surface area contributed by atoms with E-state index in [1.807, 2.05) is 53.4 Å². The molecule has 0 unspecified atom stereocenters. The number of nitrogens with zero attached hydrogens (tertiary/aromatic N) is 3. The van der Waals surface area contributed by atoms with E-state index in [0.29, 0.717) is 11.4 Å². The molecule has 0 fully saturated rings. The molecule has 4 rings (SSSR count). The van der Waals surface area contributed by atoms with E-state index in [9.17, 15) is 19.8 Å². The van der Waals surface area contributed by atoms with Gasteiger partial charge in [-0.05, 0) is 84.4 Å². The van der Waals surface area contributed by atoms with E-state index in [4.69, 9.17) is 10.5 Å². The number of thiophene rings is 1. The molecule has 0 radical (unpaired) electrons. The molecule has 0 atom stereocenters. The fraction of sp³-hybridized carbons (Fsp3) is 0. The summed E-state index contributed by atoms with van der Waals surface area (Å²) in [5, 5.41) is 36.4. The Morgan fingerprint density at radius 3 is 1.56 bits per heavy atom. The van der Waals surface area contributed by atoms with Crippen molar-refractivity contribution >= 4 is 46.4 Å². The Morgan fingerprint density at radius 2 is 1.14 bits per heavy atom. The van der Waals surface area contributed by atoms with Crippen LogP contribution in [0.4, 0.5) is 17.1 Å². The fourth-order valence-corrected chi connectivity index (χ4v) is 4.50. The van der Waals surface area contributed by atoms with Crippen LogP contribution in [-0.4, -0.2) is 22.2 Å². The summed E-state index contributed by atoms with van der Waals surface area (Å²) in [6.45, 7) is 0. The van der Waals surface area contributed by atoms with Crippen molar-refractivity contribution in [1.29, 1.82) is 10.5 Å². The molecule has 0 bridgehead atoms. The molecular weight excluding hydrogens is 474 g/mol. The number of carbonyl (C=O) groups is 2. The number of hydrogen-bond donors (Lipinski definition) is 2. The average molecular weight is 492 g/mol. The van der Waals surface area contributed by atoms with Gasteiger partial charge in [0.05, 0.1) is 11.1 Å². The highest BCUT2D eigenvalue weighted by atomic mass is 32.1. The van der Waals surface area contributed by atoms with Gasteiger partial charge >= 0.3 is 11.9 Å². The number of benzene rings is 3. The van der Waals surface area contributed by atoms with E-state index in [1.165, 1.54) is 35.6 Å². The number of nitriles is 2. The number of allylic oxidation sites excluding steroid dienone is 1. The Hall–Kier alpha value is -5.18. The number of rotatable bonds is 7. The van der Waals surface area contributed by atoms with E-state index in [0.717, 1.165) is 21.0 Å². The van der Waals surface area contributed by atoms with Crippen molar-refractivity contribution < 1.29 is 19.8 Å². The van der Waals surface area contributed by atoms with Crippen molar-refractivity contribution in [3.63, 3.8) is 0 Å².